The van der Waals surface area contributed by atoms with Crippen molar-refractivity contribution in [2.24, 2.45) is 0 Å². The SMILES string of the molecule is c1ccc(-c2[nH]ncc2CN2CCC[C@H]2c2ccncn2)cc1. The molecule has 1 aliphatic heterocycles. The second kappa shape index (κ2) is 6.30. The highest BCUT2D eigenvalue weighted by Crippen LogP contribution is 2.33. The maximum Gasteiger partial charge on any atom is 0.115 e. The first-order chi connectivity index (χ1) is 11.4. The van der Waals surface area contributed by atoms with E-state index in [-0.39, 0.29) is 0 Å². The molecule has 1 fully saturated rings. The number of H-pyrrole nitrogens is 1. The van der Waals surface area contributed by atoms with Crippen molar-refractivity contribution in [3.63, 3.8) is 0 Å². The van der Waals surface area contributed by atoms with Crippen molar-refractivity contribution in [1.29, 1.82) is 0 Å². The Morgan fingerprint density at radius 1 is 1.17 bits per heavy atom. The molecule has 1 N–H and O–H groups in total. The Labute approximate surface area is 135 Å². The lowest BCUT2D eigenvalue weighted by Crippen LogP contribution is -2.23. The van der Waals surface area contributed by atoms with Crippen LogP contribution in [-0.4, -0.2) is 31.6 Å². The molecule has 0 bridgehead atoms. The number of nitrogens with one attached hydrogen (secondary N) is 1. The monoisotopic (exact) mass is 305 g/mol. The minimum atomic E-state index is 0.372. The van der Waals surface area contributed by atoms with Crippen LogP contribution in [0, 0.1) is 0 Å². The topological polar surface area (TPSA) is 57.7 Å². The van der Waals surface area contributed by atoms with E-state index in [1.165, 1.54) is 17.5 Å². The largest absolute Gasteiger partial charge is 0.290 e. The van der Waals surface area contributed by atoms with Crippen LogP contribution in [0.2, 0.25) is 0 Å². The molecule has 0 spiro atoms. The highest BCUT2D eigenvalue weighted by Gasteiger charge is 2.27. The van der Waals surface area contributed by atoms with E-state index in [0.29, 0.717) is 6.04 Å². The number of aromatic nitrogens is 4. The molecule has 3 aromatic rings. The van der Waals surface area contributed by atoms with Gasteiger partial charge in [0, 0.05) is 18.3 Å². The lowest BCUT2D eigenvalue weighted by atomic mass is 10.1. The van der Waals surface area contributed by atoms with Gasteiger partial charge in [-0.2, -0.15) is 5.10 Å². The van der Waals surface area contributed by atoms with Crippen LogP contribution in [0.25, 0.3) is 11.3 Å². The third kappa shape index (κ3) is 2.87. The van der Waals surface area contributed by atoms with Gasteiger partial charge in [0.05, 0.1) is 23.6 Å². The minimum absolute atomic E-state index is 0.372. The van der Waals surface area contributed by atoms with E-state index in [1.807, 2.05) is 24.5 Å². The molecule has 23 heavy (non-hydrogen) atoms. The van der Waals surface area contributed by atoms with E-state index in [2.05, 4.69) is 49.3 Å². The van der Waals surface area contributed by atoms with Crippen LogP contribution < -0.4 is 0 Å². The summed E-state index contributed by atoms with van der Waals surface area (Å²) >= 11 is 0. The van der Waals surface area contributed by atoms with Crippen LogP contribution in [0.5, 0.6) is 0 Å². The van der Waals surface area contributed by atoms with Gasteiger partial charge in [0.15, 0.2) is 0 Å². The Hall–Kier alpha value is -2.53. The highest BCUT2D eigenvalue weighted by molar-refractivity contribution is 5.62. The Balaban J connectivity index is 1.58. The molecule has 1 aliphatic rings. The Bertz CT molecular complexity index is 753. The van der Waals surface area contributed by atoms with Crippen molar-refractivity contribution in [2.45, 2.75) is 25.4 Å². The number of benzene rings is 1. The fourth-order valence-corrected chi connectivity index (χ4v) is 3.35. The van der Waals surface area contributed by atoms with Gasteiger partial charge >= 0.3 is 0 Å². The maximum atomic E-state index is 4.44. The van der Waals surface area contributed by atoms with Crippen molar-refractivity contribution in [3.05, 3.63) is 66.4 Å². The number of rotatable bonds is 4. The lowest BCUT2D eigenvalue weighted by molar-refractivity contribution is 0.244. The Kier molecular flexibility index (Phi) is 3.86. The summed E-state index contributed by atoms with van der Waals surface area (Å²) in [6.07, 6.45) is 7.76. The third-order valence-electron chi connectivity index (χ3n) is 4.46. The van der Waals surface area contributed by atoms with Gasteiger partial charge < -0.3 is 0 Å². The van der Waals surface area contributed by atoms with Crippen LogP contribution >= 0.6 is 0 Å². The lowest BCUT2D eigenvalue weighted by Gasteiger charge is -2.23. The predicted octanol–water partition coefficient (Wildman–Crippen LogP) is 3.20. The zero-order valence-corrected chi connectivity index (χ0v) is 12.9. The van der Waals surface area contributed by atoms with Crippen LogP contribution in [0.3, 0.4) is 0 Å². The first kappa shape index (κ1) is 14.1. The molecular weight excluding hydrogens is 286 g/mol. The molecule has 4 rings (SSSR count). The van der Waals surface area contributed by atoms with Gasteiger partial charge in [-0.15, -0.1) is 0 Å². The van der Waals surface area contributed by atoms with Crippen LogP contribution in [0.15, 0.2) is 55.1 Å². The summed E-state index contributed by atoms with van der Waals surface area (Å²) in [6.45, 7) is 1.98. The molecule has 1 atom stereocenters. The summed E-state index contributed by atoms with van der Waals surface area (Å²) in [7, 11) is 0. The second-order valence-electron chi connectivity index (χ2n) is 5.90. The average Bonchev–Trinajstić information content (AvgIpc) is 3.26. The molecule has 0 radical (unpaired) electrons. The van der Waals surface area contributed by atoms with Crippen molar-refractivity contribution in [3.8, 4) is 11.3 Å². The predicted molar refractivity (Wildman–Crippen MR) is 88.4 cm³/mol. The molecule has 1 aromatic carbocycles. The number of nitrogens with zero attached hydrogens (tertiary/aromatic N) is 4. The van der Waals surface area contributed by atoms with Crippen LogP contribution in [-0.2, 0) is 6.54 Å². The van der Waals surface area contributed by atoms with Crippen LogP contribution in [0.4, 0.5) is 0 Å². The smallest absolute Gasteiger partial charge is 0.115 e. The number of hydrogen-bond acceptors (Lipinski definition) is 4. The van der Waals surface area contributed by atoms with Gasteiger partial charge in [-0.25, -0.2) is 9.97 Å². The van der Waals surface area contributed by atoms with Crippen LogP contribution in [0.1, 0.15) is 30.1 Å². The van der Waals surface area contributed by atoms with Gasteiger partial charge in [-0.3, -0.25) is 10.00 Å². The maximum absolute atomic E-state index is 4.44. The summed E-state index contributed by atoms with van der Waals surface area (Å²) in [4.78, 5) is 11.0. The summed E-state index contributed by atoms with van der Waals surface area (Å²) < 4.78 is 0. The summed E-state index contributed by atoms with van der Waals surface area (Å²) in [5.41, 5.74) is 4.64. The minimum Gasteiger partial charge on any atom is -0.290 e. The van der Waals surface area contributed by atoms with E-state index < -0.39 is 0 Å². The standard InChI is InChI=1S/C18H19N5/c1-2-5-14(6-3-1)18-15(11-21-22-18)12-23-10-4-7-17(23)16-8-9-19-13-20-16/h1-3,5-6,8-9,11,13,17H,4,7,10,12H2,(H,21,22)/t17-/m0/s1. The molecule has 116 valence electrons. The van der Waals surface area contributed by atoms with E-state index in [1.54, 1.807) is 6.33 Å². The fourth-order valence-electron chi connectivity index (χ4n) is 3.35. The fraction of sp³-hybridized carbons (Fsp3) is 0.278. The van der Waals surface area contributed by atoms with E-state index in [0.717, 1.165) is 30.9 Å². The normalized spacial score (nSPS) is 18.3. The van der Waals surface area contributed by atoms with Gasteiger partial charge in [-0.05, 0) is 31.0 Å². The third-order valence-corrected chi connectivity index (χ3v) is 4.46. The molecule has 0 saturated carbocycles. The quantitative estimate of drug-likeness (QED) is 0.804. The zero-order valence-electron chi connectivity index (χ0n) is 12.9. The van der Waals surface area contributed by atoms with Crippen molar-refractivity contribution >= 4 is 0 Å². The summed E-state index contributed by atoms with van der Waals surface area (Å²) in [6, 6.07) is 12.8. The van der Waals surface area contributed by atoms with Crippen molar-refractivity contribution < 1.29 is 0 Å². The van der Waals surface area contributed by atoms with Crippen molar-refractivity contribution in [2.75, 3.05) is 6.54 Å². The van der Waals surface area contributed by atoms with Crippen molar-refractivity contribution in [1.82, 2.24) is 25.1 Å². The zero-order chi connectivity index (χ0) is 15.5. The first-order valence-corrected chi connectivity index (χ1v) is 7.99. The summed E-state index contributed by atoms with van der Waals surface area (Å²) in [5, 5.41) is 7.41. The molecule has 5 nitrogen and oxygen atoms in total. The molecule has 0 aliphatic carbocycles. The summed E-state index contributed by atoms with van der Waals surface area (Å²) in [5.74, 6) is 0. The molecular formula is C18H19N5. The first-order valence-electron chi connectivity index (χ1n) is 7.99. The van der Waals surface area contributed by atoms with Gasteiger partial charge in [-0.1, -0.05) is 30.3 Å². The molecule has 0 unspecified atom stereocenters. The number of hydrogen-bond donors (Lipinski definition) is 1. The molecule has 1 saturated heterocycles. The number of likely N-dealkylation sites (tertiary alicyclic amines) is 1. The molecule has 2 aromatic heterocycles. The molecule has 5 heteroatoms. The van der Waals surface area contributed by atoms with E-state index in [4.69, 9.17) is 0 Å². The van der Waals surface area contributed by atoms with Gasteiger partial charge in [0.1, 0.15) is 6.33 Å². The highest BCUT2D eigenvalue weighted by atomic mass is 15.2. The van der Waals surface area contributed by atoms with E-state index >= 15 is 0 Å². The Morgan fingerprint density at radius 2 is 2.09 bits per heavy atom. The van der Waals surface area contributed by atoms with Gasteiger partial charge in [0.2, 0.25) is 0 Å². The van der Waals surface area contributed by atoms with Gasteiger partial charge in [0.25, 0.3) is 0 Å². The molecule has 0 amide bonds. The number of aromatic amines is 1. The second-order valence-corrected chi connectivity index (χ2v) is 5.90. The van der Waals surface area contributed by atoms with E-state index in [9.17, 15) is 0 Å². The molecule has 3 heterocycles. The Morgan fingerprint density at radius 3 is 2.91 bits per heavy atom. The average molecular weight is 305 g/mol.